The number of piperazine rings is 1. The number of hydrogen-bond donors (Lipinski definition) is 1. The van der Waals surface area contributed by atoms with Gasteiger partial charge in [0.15, 0.2) is 0 Å². The lowest BCUT2D eigenvalue weighted by atomic mass is 10.1. The first kappa shape index (κ1) is 16.3. The number of carbonyl (C=O) groups excluding carboxylic acids is 1. The minimum absolute atomic E-state index is 0.169. The molecule has 1 atom stereocenters. The van der Waals surface area contributed by atoms with Crippen LogP contribution in [0.25, 0.3) is 0 Å². The number of nitrogens with one attached hydrogen (secondary N) is 1. The van der Waals surface area contributed by atoms with Crippen molar-refractivity contribution >= 4 is 11.6 Å². The molecule has 1 amide bonds. The Balaban J connectivity index is 1.32. The molecule has 0 saturated carbocycles. The predicted octanol–water partition coefficient (Wildman–Crippen LogP) is 1.35. The highest BCUT2D eigenvalue weighted by Crippen LogP contribution is 2.15. The summed E-state index contributed by atoms with van der Waals surface area (Å²) in [6.45, 7) is 7.37. The molecule has 0 aliphatic carbocycles. The molecule has 0 radical (unpaired) electrons. The van der Waals surface area contributed by atoms with Crippen LogP contribution in [0.1, 0.15) is 12.8 Å². The van der Waals surface area contributed by atoms with Crippen molar-refractivity contribution in [3.05, 3.63) is 30.3 Å². The molecule has 5 nitrogen and oxygen atoms in total. The van der Waals surface area contributed by atoms with Gasteiger partial charge in [-0.15, -0.1) is 0 Å². The molecule has 1 N–H and O–H groups in total. The van der Waals surface area contributed by atoms with Gasteiger partial charge in [-0.25, -0.2) is 0 Å². The zero-order chi connectivity index (χ0) is 15.9. The zero-order valence-electron chi connectivity index (χ0n) is 13.7. The molecule has 2 aliphatic heterocycles. The van der Waals surface area contributed by atoms with Gasteiger partial charge in [0.25, 0.3) is 0 Å². The first-order valence-electron chi connectivity index (χ1n) is 8.68. The number of rotatable bonds is 6. The summed E-state index contributed by atoms with van der Waals surface area (Å²) >= 11 is 0. The van der Waals surface area contributed by atoms with Crippen LogP contribution in [-0.4, -0.2) is 63.3 Å². The number of carbonyl (C=O) groups is 1. The Kier molecular flexibility index (Phi) is 5.88. The van der Waals surface area contributed by atoms with E-state index in [2.05, 4.69) is 45.4 Å². The van der Waals surface area contributed by atoms with E-state index < -0.39 is 0 Å². The van der Waals surface area contributed by atoms with E-state index in [4.69, 9.17) is 4.74 Å². The van der Waals surface area contributed by atoms with Gasteiger partial charge in [0.2, 0.25) is 5.91 Å². The Labute approximate surface area is 138 Å². The first-order chi connectivity index (χ1) is 11.3. The second-order valence-electron chi connectivity index (χ2n) is 6.45. The molecule has 0 spiro atoms. The zero-order valence-corrected chi connectivity index (χ0v) is 13.7. The van der Waals surface area contributed by atoms with Gasteiger partial charge in [0, 0.05) is 63.9 Å². The summed E-state index contributed by atoms with van der Waals surface area (Å²) in [6, 6.07) is 10.5. The minimum atomic E-state index is 0.169. The van der Waals surface area contributed by atoms with Crippen molar-refractivity contribution in [2.75, 3.05) is 57.4 Å². The van der Waals surface area contributed by atoms with E-state index in [0.717, 1.165) is 58.9 Å². The Morgan fingerprint density at radius 1 is 1.17 bits per heavy atom. The molecule has 2 aliphatic rings. The van der Waals surface area contributed by atoms with Gasteiger partial charge in [-0.2, -0.15) is 0 Å². The fourth-order valence-corrected chi connectivity index (χ4v) is 3.22. The first-order valence-corrected chi connectivity index (χ1v) is 8.68. The van der Waals surface area contributed by atoms with Crippen molar-refractivity contribution in [3.63, 3.8) is 0 Å². The van der Waals surface area contributed by atoms with Gasteiger partial charge >= 0.3 is 0 Å². The average molecular weight is 317 g/mol. The third-order valence-electron chi connectivity index (χ3n) is 4.76. The van der Waals surface area contributed by atoms with Crippen molar-refractivity contribution in [3.8, 4) is 0 Å². The van der Waals surface area contributed by atoms with Gasteiger partial charge in [-0.05, 0) is 18.6 Å². The van der Waals surface area contributed by atoms with Crippen LogP contribution >= 0.6 is 0 Å². The number of hydrogen-bond acceptors (Lipinski definition) is 4. The largest absolute Gasteiger partial charge is 0.381 e. The minimum Gasteiger partial charge on any atom is -0.381 e. The highest BCUT2D eigenvalue weighted by atomic mass is 16.5. The molecule has 1 aromatic carbocycles. The number of amides is 1. The van der Waals surface area contributed by atoms with Crippen LogP contribution in [0.4, 0.5) is 5.69 Å². The van der Waals surface area contributed by atoms with E-state index in [0.29, 0.717) is 12.3 Å². The number of benzene rings is 1. The van der Waals surface area contributed by atoms with Crippen molar-refractivity contribution < 1.29 is 9.53 Å². The normalized spacial score (nSPS) is 22.3. The van der Waals surface area contributed by atoms with E-state index >= 15 is 0 Å². The summed E-state index contributed by atoms with van der Waals surface area (Å²) in [6.07, 6.45) is 1.67. The molecular formula is C18H27N3O2. The maximum Gasteiger partial charge on any atom is 0.221 e. The summed E-state index contributed by atoms with van der Waals surface area (Å²) < 4.78 is 5.33. The summed E-state index contributed by atoms with van der Waals surface area (Å²) in [5.74, 6) is 0.677. The second kappa shape index (κ2) is 8.31. The summed E-state index contributed by atoms with van der Waals surface area (Å²) in [7, 11) is 0. The molecule has 2 fully saturated rings. The third-order valence-corrected chi connectivity index (χ3v) is 4.76. The van der Waals surface area contributed by atoms with Crippen LogP contribution in [0, 0.1) is 5.92 Å². The maximum absolute atomic E-state index is 11.9. The van der Waals surface area contributed by atoms with Crippen LogP contribution in [0.15, 0.2) is 30.3 Å². The molecule has 0 unspecified atom stereocenters. The number of para-hydroxylation sites is 1. The van der Waals surface area contributed by atoms with Crippen LogP contribution in [0.5, 0.6) is 0 Å². The van der Waals surface area contributed by atoms with Gasteiger partial charge in [0.1, 0.15) is 0 Å². The Morgan fingerprint density at radius 2 is 1.96 bits per heavy atom. The van der Waals surface area contributed by atoms with Gasteiger partial charge in [0.05, 0.1) is 6.61 Å². The molecule has 2 saturated heterocycles. The number of ether oxygens (including phenoxy) is 1. The molecule has 0 aromatic heterocycles. The van der Waals surface area contributed by atoms with E-state index in [1.54, 1.807) is 0 Å². The topological polar surface area (TPSA) is 44.8 Å². The lowest BCUT2D eigenvalue weighted by Gasteiger charge is -2.36. The van der Waals surface area contributed by atoms with E-state index in [-0.39, 0.29) is 5.91 Å². The van der Waals surface area contributed by atoms with Crippen molar-refractivity contribution in [1.82, 2.24) is 10.2 Å². The molecular weight excluding hydrogens is 290 g/mol. The van der Waals surface area contributed by atoms with E-state index in [9.17, 15) is 4.79 Å². The molecule has 3 rings (SSSR count). The fraction of sp³-hybridized carbons (Fsp3) is 0.611. The number of nitrogens with zero attached hydrogens (tertiary/aromatic N) is 2. The van der Waals surface area contributed by atoms with Crippen LogP contribution in [-0.2, 0) is 9.53 Å². The summed E-state index contributed by atoms with van der Waals surface area (Å²) in [5.41, 5.74) is 1.30. The summed E-state index contributed by atoms with van der Waals surface area (Å²) in [5, 5.41) is 3.04. The Bertz CT molecular complexity index is 480. The highest BCUT2D eigenvalue weighted by molar-refractivity contribution is 5.76. The van der Waals surface area contributed by atoms with Crippen molar-refractivity contribution in [2.45, 2.75) is 12.8 Å². The standard InChI is InChI=1S/C18H27N3O2/c22-18(19-14-16-7-13-23-15-16)6-8-20-9-11-21(12-10-20)17-4-2-1-3-5-17/h1-5,16H,6-15H2,(H,19,22)/t16-/m0/s1. The molecule has 126 valence electrons. The smallest absolute Gasteiger partial charge is 0.221 e. The fourth-order valence-electron chi connectivity index (χ4n) is 3.22. The predicted molar refractivity (Wildman–Crippen MR) is 91.6 cm³/mol. The third kappa shape index (κ3) is 4.94. The van der Waals surface area contributed by atoms with E-state index in [1.165, 1.54) is 5.69 Å². The van der Waals surface area contributed by atoms with Gasteiger partial charge in [-0.3, -0.25) is 9.69 Å². The van der Waals surface area contributed by atoms with Crippen LogP contribution in [0.3, 0.4) is 0 Å². The maximum atomic E-state index is 11.9. The van der Waals surface area contributed by atoms with Crippen LogP contribution in [0.2, 0.25) is 0 Å². The summed E-state index contributed by atoms with van der Waals surface area (Å²) in [4.78, 5) is 16.7. The monoisotopic (exact) mass is 317 g/mol. The second-order valence-corrected chi connectivity index (χ2v) is 6.45. The van der Waals surface area contributed by atoms with Crippen molar-refractivity contribution in [1.29, 1.82) is 0 Å². The lowest BCUT2D eigenvalue weighted by molar-refractivity contribution is -0.121. The van der Waals surface area contributed by atoms with Gasteiger partial charge in [-0.1, -0.05) is 18.2 Å². The molecule has 2 heterocycles. The lowest BCUT2D eigenvalue weighted by Crippen LogP contribution is -2.47. The molecule has 1 aromatic rings. The quantitative estimate of drug-likeness (QED) is 0.860. The number of anilines is 1. The van der Waals surface area contributed by atoms with Crippen LogP contribution < -0.4 is 10.2 Å². The SMILES string of the molecule is O=C(CCN1CCN(c2ccccc2)CC1)NC[C@@H]1CCOC1. The van der Waals surface area contributed by atoms with Crippen molar-refractivity contribution in [2.24, 2.45) is 5.92 Å². The molecule has 0 bridgehead atoms. The molecule has 5 heteroatoms. The van der Waals surface area contributed by atoms with Gasteiger partial charge < -0.3 is 15.0 Å². The molecule has 23 heavy (non-hydrogen) atoms. The Morgan fingerprint density at radius 3 is 2.65 bits per heavy atom. The average Bonchev–Trinajstić information content (AvgIpc) is 3.13. The Hall–Kier alpha value is -1.59. The van der Waals surface area contributed by atoms with E-state index in [1.807, 2.05) is 0 Å². The highest BCUT2D eigenvalue weighted by Gasteiger charge is 2.19.